The van der Waals surface area contributed by atoms with Gasteiger partial charge in [-0.15, -0.1) is 0 Å². The maximum absolute atomic E-state index is 12.5. The Hall–Kier alpha value is -3.70. The van der Waals surface area contributed by atoms with Crippen molar-refractivity contribution < 1.29 is 23.7 Å². The van der Waals surface area contributed by atoms with Gasteiger partial charge in [0.05, 0.1) is 25.4 Å². The van der Waals surface area contributed by atoms with E-state index in [-0.39, 0.29) is 0 Å². The Labute approximate surface area is 205 Å². The highest BCUT2D eigenvalue weighted by Gasteiger charge is 2.11. The van der Waals surface area contributed by atoms with Gasteiger partial charge in [-0.1, -0.05) is 24.0 Å². The van der Waals surface area contributed by atoms with Crippen LogP contribution in [-0.2, 0) is 16.0 Å². The molecule has 2 aromatic carbocycles. The molecule has 3 aromatic rings. The third-order valence-corrected chi connectivity index (χ3v) is 5.38. The van der Waals surface area contributed by atoms with Crippen LogP contribution in [0.4, 0.5) is 0 Å². The summed E-state index contributed by atoms with van der Waals surface area (Å²) < 4.78 is 21.8. The van der Waals surface area contributed by atoms with Crippen molar-refractivity contribution >= 4 is 5.97 Å². The number of esters is 1. The van der Waals surface area contributed by atoms with E-state index in [2.05, 4.69) is 33.9 Å². The van der Waals surface area contributed by atoms with Crippen molar-refractivity contribution in [1.29, 1.82) is 0 Å². The monoisotopic (exact) mass is 472 g/mol. The van der Waals surface area contributed by atoms with Crippen LogP contribution in [0.25, 0.3) is 0 Å². The summed E-state index contributed by atoms with van der Waals surface area (Å²) in [5, 5.41) is 0. The minimum absolute atomic E-state index is 0.354. The molecule has 4 rings (SSSR count). The second-order valence-electron chi connectivity index (χ2n) is 8.00. The molecular weight excluding hydrogens is 444 g/mol. The summed E-state index contributed by atoms with van der Waals surface area (Å²) >= 11 is 0. The van der Waals surface area contributed by atoms with Gasteiger partial charge in [-0.2, -0.15) is 0 Å². The van der Waals surface area contributed by atoms with Crippen LogP contribution in [0, 0.1) is 11.8 Å². The lowest BCUT2D eigenvalue weighted by Crippen LogP contribution is -2.35. The number of benzene rings is 2. The maximum Gasteiger partial charge on any atom is 0.343 e. The fourth-order valence-corrected chi connectivity index (χ4v) is 3.54. The van der Waals surface area contributed by atoms with Crippen LogP contribution >= 0.6 is 0 Å². The molecule has 35 heavy (non-hydrogen) atoms. The van der Waals surface area contributed by atoms with E-state index < -0.39 is 5.97 Å². The van der Waals surface area contributed by atoms with Gasteiger partial charge in [0.25, 0.3) is 0 Å². The number of pyridine rings is 1. The molecule has 2 heterocycles. The maximum atomic E-state index is 12.5. The Morgan fingerprint density at radius 3 is 2.40 bits per heavy atom. The number of ether oxygens (including phenoxy) is 4. The third-order valence-electron chi connectivity index (χ3n) is 5.38. The first-order chi connectivity index (χ1) is 17.2. The van der Waals surface area contributed by atoms with Crippen molar-refractivity contribution in [2.75, 3.05) is 46.6 Å². The van der Waals surface area contributed by atoms with Gasteiger partial charge in [0.2, 0.25) is 0 Å². The SMILES string of the molecule is COCCOc1cc(C#Cc2ccc(CN3CCOCC3)cc2)cc(OC(=O)c2ccncc2)c1. The first-order valence-corrected chi connectivity index (χ1v) is 11.5. The Morgan fingerprint density at radius 2 is 1.66 bits per heavy atom. The average Bonchev–Trinajstić information content (AvgIpc) is 2.89. The van der Waals surface area contributed by atoms with Crippen molar-refractivity contribution in [2.45, 2.75) is 6.54 Å². The lowest BCUT2D eigenvalue weighted by Gasteiger charge is -2.26. The summed E-state index contributed by atoms with van der Waals surface area (Å²) in [4.78, 5) is 18.8. The molecule has 0 saturated carbocycles. The minimum Gasteiger partial charge on any atom is -0.491 e. The van der Waals surface area contributed by atoms with E-state index in [0.717, 1.165) is 38.4 Å². The van der Waals surface area contributed by atoms with E-state index in [1.807, 2.05) is 18.2 Å². The number of morpholine rings is 1. The molecule has 0 amide bonds. The summed E-state index contributed by atoms with van der Waals surface area (Å²) in [7, 11) is 1.61. The Bertz CT molecular complexity index is 1160. The van der Waals surface area contributed by atoms with Crippen LogP contribution < -0.4 is 9.47 Å². The molecule has 0 spiro atoms. The van der Waals surface area contributed by atoms with E-state index in [1.165, 1.54) is 5.56 Å². The zero-order valence-corrected chi connectivity index (χ0v) is 19.7. The molecule has 7 heteroatoms. The van der Waals surface area contributed by atoms with E-state index in [4.69, 9.17) is 18.9 Å². The van der Waals surface area contributed by atoms with Gasteiger partial charge >= 0.3 is 5.97 Å². The van der Waals surface area contributed by atoms with Gasteiger partial charge in [0.15, 0.2) is 0 Å². The zero-order valence-electron chi connectivity index (χ0n) is 19.7. The molecule has 1 aliphatic rings. The van der Waals surface area contributed by atoms with Crippen LogP contribution in [0.15, 0.2) is 67.0 Å². The zero-order chi connectivity index (χ0) is 24.3. The third kappa shape index (κ3) is 7.66. The lowest BCUT2D eigenvalue weighted by molar-refractivity contribution is 0.0342. The van der Waals surface area contributed by atoms with E-state index in [9.17, 15) is 4.79 Å². The second-order valence-corrected chi connectivity index (χ2v) is 8.00. The number of carbonyl (C=O) groups excluding carboxylic acids is 1. The molecule has 7 nitrogen and oxygen atoms in total. The molecule has 1 aliphatic heterocycles. The Morgan fingerprint density at radius 1 is 0.943 bits per heavy atom. The van der Waals surface area contributed by atoms with Gasteiger partial charge in [0, 0.05) is 56.3 Å². The molecule has 0 unspecified atom stereocenters. The molecule has 1 aromatic heterocycles. The standard InChI is InChI=1S/C28H28N2O5/c1-32-16-17-34-26-18-24(19-27(20-26)35-28(31)25-8-10-29-11-9-25)7-4-22-2-5-23(6-3-22)21-30-12-14-33-15-13-30/h2-3,5-6,8-11,18-20H,12-17,21H2,1H3. The van der Waals surface area contributed by atoms with Gasteiger partial charge in [-0.25, -0.2) is 4.79 Å². The molecule has 0 bridgehead atoms. The predicted molar refractivity (Wildman–Crippen MR) is 132 cm³/mol. The van der Waals surface area contributed by atoms with Crippen molar-refractivity contribution in [3.8, 4) is 23.3 Å². The molecule has 180 valence electrons. The van der Waals surface area contributed by atoms with Crippen molar-refractivity contribution in [3.63, 3.8) is 0 Å². The summed E-state index contributed by atoms with van der Waals surface area (Å²) in [6.07, 6.45) is 3.09. The summed E-state index contributed by atoms with van der Waals surface area (Å²) in [6, 6.07) is 16.7. The molecule has 1 saturated heterocycles. The molecule has 0 aliphatic carbocycles. The summed E-state index contributed by atoms with van der Waals surface area (Å²) in [5.41, 5.74) is 3.23. The number of rotatable bonds is 8. The molecular formula is C28H28N2O5. The highest BCUT2D eigenvalue weighted by Crippen LogP contribution is 2.24. The molecule has 0 atom stereocenters. The predicted octanol–water partition coefficient (Wildman–Crippen LogP) is 3.56. The Kier molecular flexibility index (Phi) is 8.85. The Balaban J connectivity index is 1.48. The van der Waals surface area contributed by atoms with Crippen molar-refractivity contribution in [3.05, 3.63) is 89.2 Å². The fraction of sp³-hybridized carbons (Fsp3) is 0.286. The first-order valence-electron chi connectivity index (χ1n) is 11.5. The van der Waals surface area contributed by atoms with Gasteiger partial charge < -0.3 is 18.9 Å². The minimum atomic E-state index is -0.476. The van der Waals surface area contributed by atoms with Crippen LogP contribution in [0.3, 0.4) is 0 Å². The fourth-order valence-electron chi connectivity index (χ4n) is 3.54. The normalized spacial score (nSPS) is 13.5. The first kappa shape index (κ1) is 24.4. The lowest BCUT2D eigenvalue weighted by atomic mass is 10.1. The highest BCUT2D eigenvalue weighted by molar-refractivity contribution is 5.90. The average molecular weight is 473 g/mol. The molecule has 0 N–H and O–H groups in total. The van der Waals surface area contributed by atoms with Crippen molar-refractivity contribution in [1.82, 2.24) is 9.88 Å². The number of aromatic nitrogens is 1. The molecule has 0 radical (unpaired) electrons. The van der Waals surface area contributed by atoms with E-state index in [1.54, 1.807) is 43.8 Å². The largest absolute Gasteiger partial charge is 0.491 e. The van der Waals surface area contributed by atoms with E-state index in [0.29, 0.717) is 35.8 Å². The van der Waals surface area contributed by atoms with Crippen molar-refractivity contribution in [2.24, 2.45) is 0 Å². The smallest absolute Gasteiger partial charge is 0.343 e. The van der Waals surface area contributed by atoms with Gasteiger partial charge in [0.1, 0.15) is 18.1 Å². The number of nitrogens with zero attached hydrogens (tertiary/aromatic N) is 2. The highest BCUT2D eigenvalue weighted by atomic mass is 16.5. The number of methoxy groups -OCH3 is 1. The van der Waals surface area contributed by atoms with Crippen LogP contribution in [-0.4, -0.2) is 62.5 Å². The summed E-state index contributed by atoms with van der Waals surface area (Å²) in [6.45, 7) is 5.21. The summed E-state index contributed by atoms with van der Waals surface area (Å²) in [5.74, 6) is 6.77. The number of hydrogen-bond acceptors (Lipinski definition) is 7. The number of carbonyl (C=O) groups is 1. The van der Waals surface area contributed by atoms with Gasteiger partial charge in [-0.3, -0.25) is 9.88 Å². The quantitative estimate of drug-likeness (QED) is 0.215. The van der Waals surface area contributed by atoms with E-state index >= 15 is 0 Å². The van der Waals surface area contributed by atoms with Crippen LogP contribution in [0.5, 0.6) is 11.5 Å². The van der Waals surface area contributed by atoms with Crippen LogP contribution in [0.1, 0.15) is 27.0 Å². The topological polar surface area (TPSA) is 70.1 Å². The number of hydrogen-bond donors (Lipinski definition) is 0. The van der Waals surface area contributed by atoms with Gasteiger partial charge in [-0.05, 0) is 42.0 Å². The molecule has 1 fully saturated rings. The second kappa shape index (κ2) is 12.7. The van der Waals surface area contributed by atoms with Crippen LogP contribution in [0.2, 0.25) is 0 Å².